The number of unbranched alkanes of at least 4 members (excludes halogenated alkanes) is 22. The fraction of sp³-hybridized carbons (Fsp3) is 0.949. The molecule has 19 heteroatoms. The molecule has 58 heavy (non-hydrogen) atoms. The van der Waals surface area contributed by atoms with E-state index < -0.39 is 83.5 Å². The molecule has 0 heterocycles. The molecule has 0 saturated heterocycles. The van der Waals surface area contributed by atoms with E-state index in [4.69, 9.17) is 34.0 Å². The zero-order valence-electron chi connectivity index (χ0n) is 34.8. The summed E-state index contributed by atoms with van der Waals surface area (Å²) >= 11 is 0. The number of esters is 2. The number of aliphatic hydroxyl groups excluding tert-OH is 4. The molecular weight excluding hydrogens is 800 g/mol. The van der Waals surface area contributed by atoms with Gasteiger partial charge in [0.15, 0.2) is 6.10 Å². The van der Waals surface area contributed by atoms with Gasteiger partial charge >= 0.3 is 27.6 Å². The molecule has 1 aliphatic carbocycles. The van der Waals surface area contributed by atoms with E-state index in [1.807, 2.05) is 0 Å². The lowest BCUT2D eigenvalue weighted by Crippen LogP contribution is -2.64. The summed E-state index contributed by atoms with van der Waals surface area (Å²) in [5.74, 6) is -1.21. The average molecular weight is 878 g/mol. The van der Waals surface area contributed by atoms with E-state index in [0.717, 1.165) is 64.3 Å². The minimum absolute atomic E-state index is 0.0470. The summed E-state index contributed by atoms with van der Waals surface area (Å²) in [6.45, 7) is 1.61. The van der Waals surface area contributed by atoms with E-state index in [-0.39, 0.29) is 12.8 Å². The fourth-order valence-electron chi connectivity index (χ4n) is 6.86. The average Bonchev–Trinajstić information content (AvgIpc) is 3.17. The van der Waals surface area contributed by atoms with Gasteiger partial charge in [-0.25, -0.2) is 9.13 Å². The Balaban J connectivity index is 2.63. The number of ether oxygens (including phenoxy) is 2. The van der Waals surface area contributed by atoms with Crippen molar-refractivity contribution >= 4 is 27.6 Å². The molecule has 1 rings (SSSR count). The molecule has 1 fully saturated rings. The molecular formula is C39H77NO16P2. The van der Waals surface area contributed by atoms with Crippen LogP contribution in [0.3, 0.4) is 0 Å². The molecule has 0 bridgehead atoms. The van der Waals surface area contributed by atoms with E-state index in [2.05, 4.69) is 11.4 Å². The van der Waals surface area contributed by atoms with Crippen molar-refractivity contribution in [3.63, 3.8) is 0 Å². The molecule has 0 spiro atoms. The zero-order valence-corrected chi connectivity index (χ0v) is 36.6. The number of carbonyl (C=O) groups is 2. The highest BCUT2D eigenvalue weighted by Crippen LogP contribution is 2.49. The van der Waals surface area contributed by atoms with Gasteiger partial charge in [-0.1, -0.05) is 142 Å². The summed E-state index contributed by atoms with van der Waals surface area (Å²) in [4.78, 5) is 54.0. The first-order valence-corrected chi connectivity index (χ1v) is 24.8. The van der Waals surface area contributed by atoms with Crippen LogP contribution in [0.5, 0.6) is 0 Å². The molecule has 0 amide bonds. The molecule has 1 saturated carbocycles. The molecule has 0 aromatic rings. The Hall–Kier alpha value is -1.04. The van der Waals surface area contributed by atoms with Crippen LogP contribution in [0.25, 0.3) is 0 Å². The molecule has 17 nitrogen and oxygen atoms in total. The first-order valence-electron chi connectivity index (χ1n) is 21.8. The number of hydrogen-bond acceptors (Lipinski definition) is 14. The van der Waals surface area contributed by atoms with Crippen LogP contribution in [0.15, 0.2) is 0 Å². The van der Waals surface area contributed by atoms with Gasteiger partial charge in [0, 0.05) is 12.8 Å². The molecule has 0 aromatic heterocycles. The highest BCUT2D eigenvalue weighted by atomic mass is 31.2. The number of carbonyl (C=O) groups excluding carboxylic acids is 2. The van der Waals surface area contributed by atoms with Crippen LogP contribution in [-0.2, 0) is 41.8 Å². The van der Waals surface area contributed by atoms with Crippen molar-refractivity contribution < 1.29 is 76.9 Å². The maximum Gasteiger partial charge on any atom is 0.472 e. The Morgan fingerprint density at radius 3 is 1.36 bits per heavy atom. The van der Waals surface area contributed by atoms with Gasteiger partial charge in [0.1, 0.15) is 43.2 Å². The van der Waals surface area contributed by atoms with E-state index in [1.165, 1.54) is 83.5 Å². The van der Waals surface area contributed by atoms with Crippen LogP contribution in [0, 0.1) is 0 Å². The van der Waals surface area contributed by atoms with Crippen molar-refractivity contribution in [3.05, 3.63) is 0 Å². The van der Waals surface area contributed by atoms with Crippen LogP contribution in [-0.4, -0.2) is 110 Å². The monoisotopic (exact) mass is 877 g/mol. The topological polar surface area (TPSA) is 282 Å². The van der Waals surface area contributed by atoms with Crippen molar-refractivity contribution in [2.24, 2.45) is 5.73 Å². The smallest absolute Gasteiger partial charge is 0.462 e. The van der Waals surface area contributed by atoms with Crippen molar-refractivity contribution in [1.82, 2.24) is 0 Å². The lowest BCUT2D eigenvalue weighted by molar-refractivity contribution is -0.216. The first kappa shape index (κ1) is 55.0. The molecule has 0 radical (unpaired) electrons. The predicted octanol–water partition coefficient (Wildman–Crippen LogP) is 6.00. The Kier molecular flexibility index (Phi) is 30.9. The fourth-order valence-corrected chi connectivity index (χ4v) is 8.40. The SMILES string of the molecule is CCCCCCCCCCCCCCCC(=O)O[C@H](COC(=O)CCCCCCCCCCCCCN)COP(=O)(O)OC1C(O)[C@@H](OP(=O)(O)O)C(O)[C@@H](O)[C@H]1O. The van der Waals surface area contributed by atoms with Gasteiger partial charge in [-0.3, -0.25) is 23.2 Å². The number of hydrogen-bond donors (Lipinski definition) is 8. The minimum Gasteiger partial charge on any atom is -0.462 e. The number of phosphoric ester groups is 2. The molecule has 0 aromatic carbocycles. The number of nitrogens with two attached hydrogens (primary N) is 1. The Morgan fingerprint density at radius 2 is 0.931 bits per heavy atom. The largest absolute Gasteiger partial charge is 0.472 e. The molecule has 9 N–H and O–H groups in total. The summed E-state index contributed by atoms with van der Waals surface area (Å²) < 4.78 is 49.2. The van der Waals surface area contributed by atoms with Gasteiger partial charge in [-0.05, 0) is 25.8 Å². The summed E-state index contributed by atoms with van der Waals surface area (Å²) in [6.07, 6.45) is 11.7. The molecule has 4 unspecified atom stereocenters. The third-order valence-electron chi connectivity index (χ3n) is 10.3. The van der Waals surface area contributed by atoms with Crippen LogP contribution in [0.2, 0.25) is 0 Å². The van der Waals surface area contributed by atoms with Crippen LogP contribution < -0.4 is 5.73 Å². The quantitative estimate of drug-likeness (QED) is 0.0202. The number of phosphoric acid groups is 2. The molecule has 344 valence electrons. The Morgan fingerprint density at radius 1 is 0.534 bits per heavy atom. The third kappa shape index (κ3) is 27.0. The number of aliphatic hydroxyl groups is 4. The second-order valence-electron chi connectivity index (χ2n) is 15.6. The highest BCUT2D eigenvalue weighted by molar-refractivity contribution is 7.47. The standard InChI is InChI=1S/C39H77NO16P2/c1-2-3-4-5-6-7-8-9-11-15-18-21-24-27-33(42)54-31(29-52-32(41)26-23-20-17-14-12-10-13-16-19-22-25-28-40)30-53-58(50,51)56-39-36(45)34(43)35(44)38(37(39)46)55-57(47,48)49/h31,34-39,43-46H,2-30,40H2,1H3,(H,50,51)(H2,47,48,49)/t31-,34-,35?,36-,37?,38+,39?/m1/s1. The van der Waals surface area contributed by atoms with Gasteiger partial charge in [0.25, 0.3) is 0 Å². The van der Waals surface area contributed by atoms with Gasteiger partial charge < -0.3 is 50.3 Å². The van der Waals surface area contributed by atoms with Gasteiger partial charge in [-0.2, -0.15) is 0 Å². The predicted molar refractivity (Wildman–Crippen MR) is 217 cm³/mol. The summed E-state index contributed by atoms with van der Waals surface area (Å²) in [5, 5.41) is 41.1. The van der Waals surface area contributed by atoms with Crippen LogP contribution >= 0.6 is 15.6 Å². The van der Waals surface area contributed by atoms with E-state index in [1.54, 1.807) is 0 Å². The second-order valence-corrected chi connectivity index (χ2v) is 18.2. The van der Waals surface area contributed by atoms with Gasteiger partial charge in [-0.15, -0.1) is 0 Å². The van der Waals surface area contributed by atoms with Crippen molar-refractivity contribution in [2.45, 2.75) is 217 Å². The van der Waals surface area contributed by atoms with Crippen molar-refractivity contribution in [1.29, 1.82) is 0 Å². The lowest BCUT2D eigenvalue weighted by Gasteiger charge is -2.43. The van der Waals surface area contributed by atoms with E-state index in [0.29, 0.717) is 12.8 Å². The Labute approximate surface area is 345 Å². The van der Waals surface area contributed by atoms with E-state index >= 15 is 0 Å². The third-order valence-corrected chi connectivity index (χ3v) is 11.8. The zero-order chi connectivity index (χ0) is 43.2. The molecule has 1 aliphatic rings. The maximum absolute atomic E-state index is 12.9. The van der Waals surface area contributed by atoms with Gasteiger partial charge in [0.05, 0.1) is 6.61 Å². The molecule has 0 aliphatic heterocycles. The lowest BCUT2D eigenvalue weighted by atomic mass is 9.85. The second kappa shape index (κ2) is 32.6. The summed E-state index contributed by atoms with van der Waals surface area (Å²) in [7, 11) is -10.7. The highest BCUT2D eigenvalue weighted by Gasteiger charge is 2.54. The van der Waals surface area contributed by atoms with Crippen LogP contribution in [0.4, 0.5) is 0 Å². The minimum atomic E-state index is -5.36. The molecule has 8 atom stereocenters. The van der Waals surface area contributed by atoms with E-state index in [9.17, 15) is 44.0 Å². The van der Waals surface area contributed by atoms with Gasteiger partial charge in [0.2, 0.25) is 0 Å². The number of rotatable bonds is 37. The first-order chi connectivity index (χ1) is 27.6. The summed E-state index contributed by atoms with van der Waals surface area (Å²) in [6, 6.07) is 0. The van der Waals surface area contributed by atoms with Crippen LogP contribution in [0.1, 0.15) is 174 Å². The normalized spacial score (nSPS) is 22.7. The summed E-state index contributed by atoms with van der Waals surface area (Å²) in [5.41, 5.74) is 5.53. The Bertz CT molecular complexity index is 1160. The van der Waals surface area contributed by atoms with Crippen molar-refractivity contribution in [2.75, 3.05) is 19.8 Å². The maximum atomic E-state index is 12.9. The van der Waals surface area contributed by atoms with Crippen molar-refractivity contribution in [3.8, 4) is 0 Å².